The molecule has 0 heterocycles. The van der Waals surface area contributed by atoms with Gasteiger partial charge < -0.3 is 0 Å². The third kappa shape index (κ3) is 4.49. The van der Waals surface area contributed by atoms with Gasteiger partial charge in [-0.3, -0.25) is 0 Å². The smallest absolute Gasteiger partial charge is 0.211 e. The van der Waals surface area contributed by atoms with Gasteiger partial charge in [-0.15, -0.1) is 0 Å². The Morgan fingerprint density at radius 3 is 2.79 bits per heavy atom. The molecule has 0 aliphatic carbocycles. The van der Waals surface area contributed by atoms with Gasteiger partial charge in [-0.25, -0.2) is 17.5 Å². The van der Waals surface area contributed by atoms with Crippen LogP contribution in [0.2, 0.25) is 0 Å². The number of nitrogens with zero attached hydrogens (tertiary/aromatic N) is 1. The summed E-state index contributed by atoms with van der Waals surface area (Å²) in [6.07, 6.45) is 3.59. The number of hydrogen-bond acceptors (Lipinski definition) is 4. The monoisotopic (exact) mass is 302 g/mol. The summed E-state index contributed by atoms with van der Waals surface area (Å²) in [5, 5.41) is 8.82. The fourth-order valence-electron chi connectivity index (χ4n) is 1.49. The lowest BCUT2D eigenvalue weighted by atomic mass is 10.2. The molecule has 7 heteroatoms. The number of benzene rings is 1. The molecule has 0 spiro atoms. The van der Waals surface area contributed by atoms with Crippen molar-refractivity contribution in [2.75, 3.05) is 18.6 Å². The van der Waals surface area contributed by atoms with E-state index in [0.29, 0.717) is 6.42 Å². The molecular formula is C12H15FN2O2S2. The molecule has 1 rings (SSSR count). The van der Waals surface area contributed by atoms with Gasteiger partial charge in [0.05, 0.1) is 0 Å². The Bertz CT molecular complexity index is 568. The standard InChI is InChI=1S/C12H15FN2O2S2/c1-18-8-3-2-7-15-19(16,17)12-6-4-5-11(13)10(12)9-14/h4-6,15H,2-3,7-8H2,1H3. The Morgan fingerprint density at radius 2 is 2.16 bits per heavy atom. The number of thioether (sulfide) groups is 1. The van der Waals surface area contributed by atoms with Gasteiger partial charge in [0, 0.05) is 6.54 Å². The van der Waals surface area contributed by atoms with Crippen molar-refractivity contribution in [2.24, 2.45) is 0 Å². The van der Waals surface area contributed by atoms with E-state index in [2.05, 4.69) is 4.72 Å². The molecule has 0 saturated heterocycles. The van der Waals surface area contributed by atoms with Crippen molar-refractivity contribution >= 4 is 21.8 Å². The minimum atomic E-state index is -3.83. The highest BCUT2D eigenvalue weighted by Gasteiger charge is 2.20. The summed E-state index contributed by atoms with van der Waals surface area (Å²) in [6, 6.07) is 5.15. The van der Waals surface area contributed by atoms with Gasteiger partial charge in [0.1, 0.15) is 22.3 Å². The predicted octanol–water partition coefficient (Wildman–Crippen LogP) is 2.12. The Kier molecular flexibility index (Phi) is 6.28. The fourth-order valence-corrected chi connectivity index (χ4v) is 3.22. The molecule has 1 aromatic rings. The Balaban J connectivity index is 2.79. The topological polar surface area (TPSA) is 70.0 Å². The predicted molar refractivity (Wildman–Crippen MR) is 73.9 cm³/mol. The van der Waals surface area contributed by atoms with Crippen molar-refractivity contribution in [1.29, 1.82) is 5.26 Å². The van der Waals surface area contributed by atoms with Gasteiger partial charge in [0.25, 0.3) is 0 Å². The van der Waals surface area contributed by atoms with Crippen molar-refractivity contribution in [3.63, 3.8) is 0 Å². The molecular weight excluding hydrogens is 287 g/mol. The highest BCUT2D eigenvalue weighted by Crippen LogP contribution is 2.17. The van der Waals surface area contributed by atoms with Crippen LogP contribution in [0, 0.1) is 17.1 Å². The molecule has 0 aromatic heterocycles. The largest absolute Gasteiger partial charge is 0.241 e. The highest BCUT2D eigenvalue weighted by atomic mass is 32.2. The van der Waals surface area contributed by atoms with E-state index in [1.807, 2.05) is 6.26 Å². The molecule has 19 heavy (non-hydrogen) atoms. The van der Waals surface area contributed by atoms with Crippen LogP contribution in [0.3, 0.4) is 0 Å². The van der Waals surface area contributed by atoms with Crippen LogP contribution in [0.25, 0.3) is 0 Å². The van der Waals surface area contributed by atoms with Crippen molar-refractivity contribution in [3.8, 4) is 6.07 Å². The van der Waals surface area contributed by atoms with Gasteiger partial charge in [0.15, 0.2) is 0 Å². The molecule has 0 amide bonds. The highest BCUT2D eigenvalue weighted by molar-refractivity contribution is 7.98. The van der Waals surface area contributed by atoms with Gasteiger partial charge in [-0.1, -0.05) is 6.07 Å². The third-order valence-electron chi connectivity index (χ3n) is 2.44. The number of nitriles is 1. The van der Waals surface area contributed by atoms with Gasteiger partial charge in [-0.05, 0) is 37.0 Å². The molecule has 0 saturated carbocycles. The molecule has 4 nitrogen and oxygen atoms in total. The second-order valence-corrected chi connectivity index (χ2v) is 6.54. The molecule has 104 valence electrons. The maximum absolute atomic E-state index is 13.4. The average Bonchev–Trinajstić information content (AvgIpc) is 2.38. The van der Waals surface area contributed by atoms with Gasteiger partial charge in [-0.2, -0.15) is 17.0 Å². The maximum Gasteiger partial charge on any atom is 0.241 e. The van der Waals surface area contributed by atoms with Crippen molar-refractivity contribution in [2.45, 2.75) is 17.7 Å². The second-order valence-electron chi connectivity index (χ2n) is 3.82. The lowest BCUT2D eigenvalue weighted by Crippen LogP contribution is -2.26. The van der Waals surface area contributed by atoms with Crippen molar-refractivity contribution in [3.05, 3.63) is 29.6 Å². The summed E-state index contributed by atoms with van der Waals surface area (Å²) < 4.78 is 39.7. The van der Waals surface area contributed by atoms with Crippen LogP contribution in [0.1, 0.15) is 18.4 Å². The molecule has 0 aliphatic rings. The third-order valence-corrected chi connectivity index (χ3v) is 4.64. The minimum Gasteiger partial charge on any atom is -0.211 e. The first-order valence-electron chi connectivity index (χ1n) is 5.70. The summed E-state index contributed by atoms with van der Waals surface area (Å²) in [7, 11) is -3.83. The summed E-state index contributed by atoms with van der Waals surface area (Å²) in [5.74, 6) is 0.137. The zero-order valence-corrected chi connectivity index (χ0v) is 12.2. The summed E-state index contributed by atoms with van der Waals surface area (Å²) >= 11 is 1.69. The number of nitrogens with one attached hydrogen (secondary N) is 1. The Hall–Kier alpha value is -1.10. The lowest BCUT2D eigenvalue weighted by Gasteiger charge is -2.08. The lowest BCUT2D eigenvalue weighted by molar-refractivity contribution is 0.574. The zero-order chi connectivity index (χ0) is 14.3. The maximum atomic E-state index is 13.4. The molecule has 0 bridgehead atoms. The molecule has 0 unspecified atom stereocenters. The molecule has 1 aromatic carbocycles. The van der Waals surface area contributed by atoms with E-state index >= 15 is 0 Å². The van der Waals surface area contributed by atoms with E-state index in [0.717, 1.165) is 18.2 Å². The molecule has 0 atom stereocenters. The zero-order valence-electron chi connectivity index (χ0n) is 10.5. The molecule has 0 radical (unpaired) electrons. The Labute approximate surface area is 117 Å². The first-order valence-corrected chi connectivity index (χ1v) is 8.58. The summed E-state index contributed by atoms with van der Waals surface area (Å²) in [6.45, 7) is 0.282. The van der Waals surface area contributed by atoms with Crippen LogP contribution in [0.5, 0.6) is 0 Å². The quantitative estimate of drug-likeness (QED) is 0.783. The summed E-state index contributed by atoms with van der Waals surface area (Å²) in [5.41, 5.74) is -0.445. The van der Waals surface area contributed by atoms with E-state index in [4.69, 9.17) is 5.26 Å². The van der Waals surface area contributed by atoms with Crippen LogP contribution in [0.4, 0.5) is 4.39 Å². The average molecular weight is 302 g/mol. The fraction of sp³-hybridized carbons (Fsp3) is 0.417. The van der Waals surface area contributed by atoms with Gasteiger partial charge >= 0.3 is 0 Å². The number of halogens is 1. The number of unbranched alkanes of at least 4 members (excludes halogenated alkanes) is 1. The normalized spacial score (nSPS) is 11.2. The van der Waals surface area contributed by atoms with E-state index in [1.165, 1.54) is 12.1 Å². The van der Waals surface area contributed by atoms with Gasteiger partial charge in [0.2, 0.25) is 10.0 Å². The van der Waals surface area contributed by atoms with E-state index < -0.39 is 21.4 Å². The minimum absolute atomic E-state index is 0.282. The number of rotatable bonds is 7. The van der Waals surface area contributed by atoms with Crippen LogP contribution in [-0.2, 0) is 10.0 Å². The van der Waals surface area contributed by atoms with Crippen LogP contribution in [0.15, 0.2) is 23.1 Å². The Morgan fingerprint density at radius 1 is 1.42 bits per heavy atom. The number of sulfonamides is 1. The van der Waals surface area contributed by atoms with E-state index in [9.17, 15) is 12.8 Å². The van der Waals surface area contributed by atoms with Crippen molar-refractivity contribution in [1.82, 2.24) is 4.72 Å². The SMILES string of the molecule is CSCCCCNS(=O)(=O)c1cccc(F)c1C#N. The van der Waals surface area contributed by atoms with Crippen LogP contribution >= 0.6 is 11.8 Å². The van der Waals surface area contributed by atoms with Crippen molar-refractivity contribution < 1.29 is 12.8 Å². The van der Waals surface area contributed by atoms with Crippen LogP contribution in [-0.4, -0.2) is 27.0 Å². The molecule has 0 fully saturated rings. The first-order chi connectivity index (χ1) is 9.03. The molecule has 1 N–H and O–H groups in total. The van der Waals surface area contributed by atoms with E-state index in [-0.39, 0.29) is 11.4 Å². The molecule has 0 aliphatic heterocycles. The van der Waals surface area contributed by atoms with Crippen LogP contribution < -0.4 is 4.72 Å². The second kappa shape index (κ2) is 7.48. The first kappa shape index (κ1) is 16.0. The van der Waals surface area contributed by atoms with E-state index in [1.54, 1.807) is 17.8 Å². The number of hydrogen-bond donors (Lipinski definition) is 1. The summed E-state index contributed by atoms with van der Waals surface area (Å²) in [4.78, 5) is -0.306.